The van der Waals surface area contributed by atoms with Gasteiger partial charge in [-0.25, -0.2) is 0 Å². The van der Waals surface area contributed by atoms with E-state index in [2.05, 4.69) is 10.6 Å². The number of likely N-dealkylation sites (tertiary alicyclic amines) is 1. The lowest BCUT2D eigenvalue weighted by Gasteiger charge is -2.33. The molecule has 2 saturated heterocycles. The van der Waals surface area contributed by atoms with Crippen molar-refractivity contribution in [3.05, 3.63) is 0 Å². The third-order valence-electron chi connectivity index (χ3n) is 4.00. The average Bonchev–Trinajstić information content (AvgIpc) is 2.85. The number of carbonyl (C=O) groups excluding carboxylic acids is 3. The van der Waals surface area contributed by atoms with Crippen molar-refractivity contribution in [1.82, 2.24) is 15.5 Å². The van der Waals surface area contributed by atoms with Gasteiger partial charge in [-0.3, -0.25) is 14.4 Å². The van der Waals surface area contributed by atoms with Gasteiger partial charge in [-0.2, -0.15) is 0 Å². The van der Waals surface area contributed by atoms with Gasteiger partial charge in [-0.15, -0.1) is 0 Å². The van der Waals surface area contributed by atoms with Crippen LogP contribution in [0.5, 0.6) is 0 Å². The van der Waals surface area contributed by atoms with Gasteiger partial charge in [-0.1, -0.05) is 13.8 Å². The molecule has 2 fully saturated rings. The molecule has 0 spiro atoms. The SMILES string of the molecule is CC(C)C(=O)N1CCC(NC(=O)C2CNC(=O)C2)CC1. The molecule has 2 N–H and O–H groups in total. The maximum Gasteiger partial charge on any atom is 0.225 e. The maximum atomic E-state index is 12.0. The van der Waals surface area contributed by atoms with Crippen LogP contribution >= 0.6 is 0 Å². The lowest BCUT2D eigenvalue weighted by atomic mass is 10.0. The summed E-state index contributed by atoms with van der Waals surface area (Å²) in [6, 6.07) is 0.120. The lowest BCUT2D eigenvalue weighted by Crippen LogP contribution is -2.48. The Kier molecular flexibility index (Phi) is 4.62. The molecule has 6 nitrogen and oxygen atoms in total. The van der Waals surface area contributed by atoms with Crippen molar-refractivity contribution in [3.8, 4) is 0 Å². The van der Waals surface area contributed by atoms with Crippen LogP contribution in [-0.4, -0.2) is 48.3 Å². The summed E-state index contributed by atoms with van der Waals surface area (Å²) in [6.07, 6.45) is 1.87. The highest BCUT2D eigenvalue weighted by atomic mass is 16.2. The Bertz CT molecular complexity index is 400. The molecule has 0 aromatic rings. The van der Waals surface area contributed by atoms with Gasteiger partial charge in [0.25, 0.3) is 0 Å². The first-order valence-electron chi connectivity index (χ1n) is 7.33. The minimum atomic E-state index is -0.238. The molecule has 20 heavy (non-hydrogen) atoms. The molecule has 0 saturated carbocycles. The molecule has 112 valence electrons. The maximum absolute atomic E-state index is 12.0. The molecule has 0 aliphatic carbocycles. The quantitative estimate of drug-likeness (QED) is 0.757. The van der Waals surface area contributed by atoms with Gasteiger partial charge in [0, 0.05) is 38.0 Å². The van der Waals surface area contributed by atoms with Crippen LogP contribution in [0.1, 0.15) is 33.1 Å². The zero-order valence-corrected chi connectivity index (χ0v) is 12.1. The van der Waals surface area contributed by atoms with E-state index in [9.17, 15) is 14.4 Å². The molecule has 0 bridgehead atoms. The number of hydrogen-bond acceptors (Lipinski definition) is 3. The van der Waals surface area contributed by atoms with Crippen LogP contribution in [0.3, 0.4) is 0 Å². The van der Waals surface area contributed by atoms with Crippen molar-refractivity contribution in [3.63, 3.8) is 0 Å². The van der Waals surface area contributed by atoms with Crippen LogP contribution in [0, 0.1) is 11.8 Å². The third kappa shape index (κ3) is 3.49. The first-order chi connectivity index (χ1) is 9.47. The van der Waals surface area contributed by atoms with Crippen molar-refractivity contribution >= 4 is 17.7 Å². The minimum Gasteiger partial charge on any atom is -0.355 e. The predicted octanol–water partition coefficient (Wildman–Crippen LogP) is -0.114. The van der Waals surface area contributed by atoms with E-state index in [0.29, 0.717) is 19.6 Å². The smallest absolute Gasteiger partial charge is 0.225 e. The van der Waals surface area contributed by atoms with Crippen LogP contribution < -0.4 is 10.6 Å². The Balaban J connectivity index is 1.75. The number of amides is 3. The third-order valence-corrected chi connectivity index (χ3v) is 4.00. The van der Waals surface area contributed by atoms with E-state index in [-0.39, 0.29) is 42.0 Å². The topological polar surface area (TPSA) is 78.5 Å². The summed E-state index contributed by atoms with van der Waals surface area (Å²) in [6.45, 7) is 5.64. The number of rotatable bonds is 3. The highest BCUT2D eigenvalue weighted by Gasteiger charge is 2.31. The van der Waals surface area contributed by atoms with E-state index in [1.807, 2.05) is 18.7 Å². The second-order valence-corrected chi connectivity index (χ2v) is 5.97. The van der Waals surface area contributed by atoms with Gasteiger partial charge in [0.1, 0.15) is 0 Å². The van der Waals surface area contributed by atoms with E-state index in [1.54, 1.807) is 0 Å². The molecule has 1 unspecified atom stereocenters. The first kappa shape index (κ1) is 14.8. The molecule has 0 aromatic heterocycles. The van der Waals surface area contributed by atoms with Gasteiger partial charge in [0.2, 0.25) is 17.7 Å². The highest BCUT2D eigenvalue weighted by molar-refractivity contribution is 5.89. The van der Waals surface area contributed by atoms with Gasteiger partial charge >= 0.3 is 0 Å². The molecular formula is C14H23N3O3. The zero-order valence-electron chi connectivity index (χ0n) is 12.1. The number of nitrogens with zero attached hydrogens (tertiary/aromatic N) is 1. The molecule has 0 radical (unpaired) electrons. The molecule has 2 heterocycles. The number of piperidine rings is 1. The molecule has 1 atom stereocenters. The first-order valence-corrected chi connectivity index (χ1v) is 7.33. The molecule has 2 aliphatic rings. The Hall–Kier alpha value is -1.59. The highest BCUT2D eigenvalue weighted by Crippen LogP contribution is 2.15. The van der Waals surface area contributed by atoms with Crippen molar-refractivity contribution < 1.29 is 14.4 Å². The fourth-order valence-corrected chi connectivity index (χ4v) is 2.72. The standard InChI is InChI=1S/C14H23N3O3/c1-9(2)14(20)17-5-3-11(4-6-17)16-13(19)10-7-12(18)15-8-10/h9-11H,3-8H2,1-2H3,(H,15,18)(H,16,19). The van der Waals surface area contributed by atoms with Crippen LogP contribution in [0.25, 0.3) is 0 Å². The van der Waals surface area contributed by atoms with E-state index < -0.39 is 0 Å². The number of hydrogen-bond donors (Lipinski definition) is 2. The van der Waals surface area contributed by atoms with E-state index in [4.69, 9.17) is 0 Å². The van der Waals surface area contributed by atoms with E-state index in [0.717, 1.165) is 12.8 Å². The Morgan fingerprint density at radius 3 is 2.45 bits per heavy atom. The average molecular weight is 281 g/mol. The van der Waals surface area contributed by atoms with Crippen molar-refractivity contribution in [2.24, 2.45) is 11.8 Å². The predicted molar refractivity (Wildman–Crippen MR) is 73.7 cm³/mol. The summed E-state index contributed by atoms with van der Waals surface area (Å²) in [7, 11) is 0. The normalized spacial score (nSPS) is 23.9. The number of nitrogens with one attached hydrogen (secondary N) is 2. The number of carbonyl (C=O) groups is 3. The summed E-state index contributed by atoms with van der Waals surface area (Å²) in [4.78, 5) is 36.8. The van der Waals surface area contributed by atoms with E-state index in [1.165, 1.54) is 0 Å². The molecule has 2 rings (SSSR count). The summed E-state index contributed by atoms with van der Waals surface area (Å²) in [5.41, 5.74) is 0. The van der Waals surface area contributed by atoms with Crippen molar-refractivity contribution in [2.75, 3.05) is 19.6 Å². The largest absolute Gasteiger partial charge is 0.355 e. The van der Waals surface area contributed by atoms with Crippen LogP contribution in [0.4, 0.5) is 0 Å². The molecular weight excluding hydrogens is 258 g/mol. The lowest BCUT2D eigenvalue weighted by molar-refractivity contribution is -0.135. The molecule has 6 heteroatoms. The Morgan fingerprint density at radius 2 is 1.95 bits per heavy atom. The van der Waals surface area contributed by atoms with Crippen LogP contribution in [-0.2, 0) is 14.4 Å². The summed E-state index contributed by atoms with van der Waals surface area (Å²) >= 11 is 0. The summed E-state index contributed by atoms with van der Waals surface area (Å²) in [5, 5.41) is 5.67. The van der Waals surface area contributed by atoms with Crippen LogP contribution in [0.2, 0.25) is 0 Å². The minimum absolute atomic E-state index is 0.0247. The van der Waals surface area contributed by atoms with Crippen molar-refractivity contribution in [2.45, 2.75) is 39.2 Å². The monoisotopic (exact) mass is 281 g/mol. The fourth-order valence-electron chi connectivity index (χ4n) is 2.72. The van der Waals surface area contributed by atoms with Gasteiger partial charge < -0.3 is 15.5 Å². The summed E-state index contributed by atoms with van der Waals surface area (Å²) < 4.78 is 0. The Labute approximate surface area is 119 Å². The molecule has 2 aliphatic heterocycles. The fraction of sp³-hybridized carbons (Fsp3) is 0.786. The zero-order chi connectivity index (χ0) is 14.7. The van der Waals surface area contributed by atoms with Gasteiger partial charge in [0.05, 0.1) is 5.92 Å². The molecule has 3 amide bonds. The Morgan fingerprint density at radius 1 is 1.30 bits per heavy atom. The second-order valence-electron chi connectivity index (χ2n) is 5.97. The summed E-state index contributed by atoms with van der Waals surface area (Å²) in [5.74, 6) is -0.130. The van der Waals surface area contributed by atoms with Crippen LogP contribution in [0.15, 0.2) is 0 Å². The van der Waals surface area contributed by atoms with Gasteiger partial charge in [0.15, 0.2) is 0 Å². The van der Waals surface area contributed by atoms with E-state index >= 15 is 0 Å². The second kappa shape index (κ2) is 6.24. The van der Waals surface area contributed by atoms with Gasteiger partial charge in [-0.05, 0) is 12.8 Å². The molecule has 0 aromatic carbocycles. The van der Waals surface area contributed by atoms with Crippen molar-refractivity contribution in [1.29, 1.82) is 0 Å².